The third-order valence-corrected chi connectivity index (χ3v) is 2.52. The van der Waals surface area contributed by atoms with Crippen molar-refractivity contribution < 1.29 is 22.7 Å². The molecule has 4 nitrogen and oxygen atoms in total. The first-order valence-electron chi connectivity index (χ1n) is 5.07. The van der Waals surface area contributed by atoms with Gasteiger partial charge in [-0.25, -0.2) is 4.79 Å². The number of amides is 1. The van der Waals surface area contributed by atoms with Crippen LogP contribution in [0.1, 0.15) is 25.7 Å². The number of carbonyl (C=O) groups is 1. The molecule has 0 aromatic carbocycles. The molecule has 0 unspecified atom stereocenters. The van der Waals surface area contributed by atoms with Crippen LogP contribution >= 0.6 is 0 Å². The second-order valence-corrected chi connectivity index (χ2v) is 4.11. The Bertz CT molecular complexity index is 250. The molecule has 0 aliphatic heterocycles. The lowest BCUT2D eigenvalue weighted by Gasteiger charge is -2.22. The number of carbonyl (C=O) groups excluding carboxylic acids is 1. The van der Waals surface area contributed by atoms with Gasteiger partial charge in [-0.1, -0.05) is 12.8 Å². The van der Waals surface area contributed by atoms with Gasteiger partial charge in [0.05, 0.1) is 5.54 Å². The Hall–Kier alpha value is -0.980. The zero-order chi connectivity index (χ0) is 12.2. The van der Waals surface area contributed by atoms with E-state index in [4.69, 9.17) is 5.73 Å². The Balaban J connectivity index is 2.20. The smallest absolute Gasteiger partial charge is 0.407 e. The summed E-state index contributed by atoms with van der Waals surface area (Å²) >= 11 is 0. The lowest BCUT2D eigenvalue weighted by Crippen LogP contribution is -2.44. The fourth-order valence-corrected chi connectivity index (χ4v) is 1.66. The molecule has 0 bridgehead atoms. The maximum Gasteiger partial charge on any atom is 0.407 e. The van der Waals surface area contributed by atoms with Gasteiger partial charge in [0.15, 0.2) is 0 Å². The van der Waals surface area contributed by atoms with Gasteiger partial charge in [-0.15, -0.1) is 0 Å². The molecule has 0 spiro atoms. The summed E-state index contributed by atoms with van der Waals surface area (Å²) in [6.45, 7) is -1.42. The summed E-state index contributed by atoms with van der Waals surface area (Å²) in [5, 5.41) is 1.62. The minimum absolute atomic E-state index is 0.0311. The zero-order valence-corrected chi connectivity index (χ0v) is 8.77. The first-order chi connectivity index (χ1) is 7.31. The molecule has 1 aliphatic carbocycles. The van der Waals surface area contributed by atoms with Crippen molar-refractivity contribution >= 4 is 6.09 Å². The van der Waals surface area contributed by atoms with Crippen LogP contribution in [0.15, 0.2) is 0 Å². The van der Waals surface area contributed by atoms with Crippen molar-refractivity contribution in [2.24, 2.45) is 5.73 Å². The highest BCUT2D eigenvalue weighted by molar-refractivity contribution is 5.67. The number of rotatable bonds is 3. The van der Waals surface area contributed by atoms with Crippen LogP contribution < -0.4 is 11.1 Å². The molecule has 0 saturated heterocycles. The van der Waals surface area contributed by atoms with Crippen LogP contribution in [-0.4, -0.2) is 31.0 Å². The molecule has 0 atom stereocenters. The molecule has 0 aromatic rings. The Morgan fingerprint density at radius 1 is 1.38 bits per heavy atom. The van der Waals surface area contributed by atoms with Gasteiger partial charge in [-0.3, -0.25) is 0 Å². The molecule has 0 aromatic heterocycles. The molecule has 1 aliphatic rings. The van der Waals surface area contributed by atoms with Crippen molar-refractivity contribution in [3.63, 3.8) is 0 Å². The van der Waals surface area contributed by atoms with Crippen molar-refractivity contribution in [3.05, 3.63) is 0 Å². The summed E-state index contributed by atoms with van der Waals surface area (Å²) in [5.41, 5.74) is 5.30. The minimum Gasteiger partial charge on any atom is -0.448 e. The first kappa shape index (κ1) is 13.1. The molecule has 16 heavy (non-hydrogen) atoms. The average molecular weight is 240 g/mol. The van der Waals surface area contributed by atoms with Crippen molar-refractivity contribution in [3.8, 4) is 0 Å². The van der Waals surface area contributed by atoms with Gasteiger partial charge in [0.25, 0.3) is 0 Å². The van der Waals surface area contributed by atoms with Crippen molar-refractivity contribution in [1.29, 1.82) is 0 Å². The molecule has 1 amide bonds. The molecule has 94 valence electrons. The van der Waals surface area contributed by atoms with Gasteiger partial charge < -0.3 is 15.8 Å². The molecule has 7 heteroatoms. The second kappa shape index (κ2) is 4.90. The van der Waals surface area contributed by atoms with Crippen molar-refractivity contribution in [1.82, 2.24) is 5.32 Å². The summed E-state index contributed by atoms with van der Waals surface area (Å²) in [4.78, 5) is 10.9. The number of nitrogens with one attached hydrogen (secondary N) is 1. The van der Waals surface area contributed by atoms with E-state index in [9.17, 15) is 18.0 Å². The largest absolute Gasteiger partial charge is 0.448 e. The molecular weight excluding hydrogens is 225 g/mol. The highest BCUT2D eigenvalue weighted by Gasteiger charge is 2.32. The monoisotopic (exact) mass is 240 g/mol. The Kier molecular flexibility index (Phi) is 4.01. The molecule has 1 saturated carbocycles. The van der Waals surface area contributed by atoms with E-state index in [2.05, 4.69) is 4.74 Å². The fraction of sp³-hybridized carbons (Fsp3) is 0.889. The van der Waals surface area contributed by atoms with E-state index < -0.39 is 24.4 Å². The highest BCUT2D eigenvalue weighted by Crippen LogP contribution is 2.27. The van der Waals surface area contributed by atoms with Crippen LogP contribution in [0.25, 0.3) is 0 Å². The Labute approximate surface area is 91.3 Å². The molecule has 1 fully saturated rings. The predicted molar refractivity (Wildman–Crippen MR) is 50.8 cm³/mol. The maximum absolute atomic E-state index is 11.7. The Morgan fingerprint density at radius 2 is 1.94 bits per heavy atom. The van der Waals surface area contributed by atoms with Crippen LogP contribution in [0.5, 0.6) is 0 Å². The van der Waals surface area contributed by atoms with Crippen molar-refractivity contribution in [2.75, 3.05) is 13.2 Å². The summed E-state index contributed by atoms with van der Waals surface area (Å²) in [7, 11) is 0. The van der Waals surface area contributed by atoms with Gasteiger partial charge in [0.2, 0.25) is 0 Å². The van der Waals surface area contributed by atoms with Crippen LogP contribution in [0.2, 0.25) is 0 Å². The van der Waals surface area contributed by atoms with Gasteiger partial charge >= 0.3 is 12.3 Å². The molecule has 0 heterocycles. The van der Waals surface area contributed by atoms with Crippen LogP contribution in [0, 0.1) is 0 Å². The van der Waals surface area contributed by atoms with E-state index in [1.54, 1.807) is 5.32 Å². The van der Waals surface area contributed by atoms with Crippen LogP contribution in [-0.2, 0) is 4.74 Å². The second-order valence-electron chi connectivity index (χ2n) is 4.11. The fourth-order valence-electron chi connectivity index (χ4n) is 1.66. The minimum atomic E-state index is -4.42. The quantitative estimate of drug-likeness (QED) is 0.786. The van der Waals surface area contributed by atoms with Gasteiger partial charge in [0, 0.05) is 0 Å². The van der Waals surface area contributed by atoms with Crippen molar-refractivity contribution in [2.45, 2.75) is 37.4 Å². The zero-order valence-electron chi connectivity index (χ0n) is 8.77. The van der Waals surface area contributed by atoms with Gasteiger partial charge in [-0.2, -0.15) is 13.2 Å². The summed E-state index contributed by atoms with van der Waals surface area (Å²) in [6.07, 6.45) is -2.10. The molecular formula is C9H15F3N2O2. The van der Waals surface area contributed by atoms with Crippen LogP contribution in [0.4, 0.5) is 18.0 Å². The van der Waals surface area contributed by atoms with E-state index >= 15 is 0 Å². The average Bonchev–Trinajstić information content (AvgIpc) is 2.59. The number of alkyl carbamates (subject to hydrolysis) is 1. The first-order valence-corrected chi connectivity index (χ1v) is 5.07. The van der Waals surface area contributed by atoms with E-state index in [1.807, 2.05) is 0 Å². The predicted octanol–water partition coefficient (Wildman–Crippen LogP) is 1.55. The van der Waals surface area contributed by atoms with Gasteiger partial charge in [-0.05, 0) is 12.8 Å². The third-order valence-electron chi connectivity index (χ3n) is 2.52. The summed E-state index contributed by atoms with van der Waals surface area (Å²) in [6, 6.07) is 0. The van der Waals surface area contributed by atoms with E-state index in [1.165, 1.54) is 0 Å². The van der Waals surface area contributed by atoms with Crippen LogP contribution in [0.3, 0.4) is 0 Å². The Morgan fingerprint density at radius 3 is 2.44 bits per heavy atom. The molecule has 1 rings (SSSR count). The maximum atomic E-state index is 11.7. The number of alkyl halides is 3. The lowest BCUT2D eigenvalue weighted by molar-refractivity contribution is -0.123. The number of ether oxygens (including phenoxy) is 1. The topological polar surface area (TPSA) is 64.3 Å². The SMILES string of the molecule is NC1(COC(=O)NCC(F)(F)F)CCCC1. The normalized spacial score (nSPS) is 19.5. The summed E-state index contributed by atoms with van der Waals surface area (Å²) in [5.74, 6) is 0. The summed E-state index contributed by atoms with van der Waals surface area (Å²) < 4.78 is 39.9. The lowest BCUT2D eigenvalue weighted by atomic mass is 10.0. The standard InChI is InChI=1S/C9H15F3N2O2/c10-9(11,12)5-14-7(15)16-6-8(13)3-1-2-4-8/h1-6,13H2,(H,14,15). The third kappa shape index (κ3) is 4.69. The number of halogens is 3. The molecule has 0 radical (unpaired) electrons. The highest BCUT2D eigenvalue weighted by atomic mass is 19.4. The number of hydrogen-bond donors (Lipinski definition) is 2. The number of nitrogens with two attached hydrogens (primary N) is 1. The van der Waals surface area contributed by atoms with E-state index in [0.29, 0.717) is 0 Å². The molecule has 3 N–H and O–H groups in total. The van der Waals surface area contributed by atoms with E-state index in [-0.39, 0.29) is 6.61 Å². The van der Waals surface area contributed by atoms with E-state index in [0.717, 1.165) is 25.7 Å². The van der Waals surface area contributed by atoms with Gasteiger partial charge in [0.1, 0.15) is 13.2 Å². The number of hydrogen-bond acceptors (Lipinski definition) is 3.